The predicted molar refractivity (Wildman–Crippen MR) is 50.5 cm³/mol. The Hall–Kier alpha value is -0.990. The number of nitrogens with zero attached hydrogens (tertiary/aromatic N) is 1. The summed E-state index contributed by atoms with van der Waals surface area (Å²) >= 11 is 0. The van der Waals surface area contributed by atoms with Crippen LogP contribution in [0.25, 0.3) is 0 Å². The lowest BCUT2D eigenvalue weighted by Crippen LogP contribution is -2.11. The van der Waals surface area contributed by atoms with Gasteiger partial charge in [-0.2, -0.15) is 8.78 Å². The van der Waals surface area contributed by atoms with Gasteiger partial charge in [0, 0.05) is 12.1 Å². The maximum Gasteiger partial charge on any atom is 0.290 e. The van der Waals surface area contributed by atoms with Gasteiger partial charge in [0.15, 0.2) is 0 Å². The van der Waals surface area contributed by atoms with Crippen molar-refractivity contribution in [1.29, 1.82) is 0 Å². The molecular weight excluding hydrogens is 184 g/mol. The molecule has 3 heteroatoms. The molecule has 0 aliphatic heterocycles. The SMILES string of the molecule is CC(C)c1ccc2c(n1)C(F)(F)CC2. The van der Waals surface area contributed by atoms with Gasteiger partial charge in [-0.1, -0.05) is 19.9 Å². The largest absolute Gasteiger partial charge is 0.290 e. The fourth-order valence-electron chi connectivity index (χ4n) is 1.75. The minimum absolute atomic E-state index is 0.00343. The van der Waals surface area contributed by atoms with Crippen LogP contribution >= 0.6 is 0 Å². The quantitative estimate of drug-likeness (QED) is 0.673. The van der Waals surface area contributed by atoms with Gasteiger partial charge in [0.25, 0.3) is 5.92 Å². The first-order chi connectivity index (χ1) is 6.50. The lowest BCUT2D eigenvalue weighted by molar-refractivity contribution is -0.00611. The molecule has 1 heterocycles. The average Bonchev–Trinajstić information content (AvgIpc) is 2.42. The monoisotopic (exact) mass is 197 g/mol. The van der Waals surface area contributed by atoms with Crippen molar-refractivity contribution in [1.82, 2.24) is 4.98 Å². The van der Waals surface area contributed by atoms with E-state index in [9.17, 15) is 8.78 Å². The van der Waals surface area contributed by atoms with Gasteiger partial charge in [0.05, 0.1) is 0 Å². The van der Waals surface area contributed by atoms with E-state index >= 15 is 0 Å². The molecule has 1 nitrogen and oxygen atoms in total. The summed E-state index contributed by atoms with van der Waals surface area (Å²) in [7, 11) is 0. The Morgan fingerprint density at radius 2 is 2.07 bits per heavy atom. The predicted octanol–water partition coefficient (Wildman–Crippen LogP) is 3.24. The molecule has 0 unspecified atom stereocenters. The van der Waals surface area contributed by atoms with Crippen LogP contribution in [0.3, 0.4) is 0 Å². The fourth-order valence-corrected chi connectivity index (χ4v) is 1.75. The number of hydrogen-bond acceptors (Lipinski definition) is 1. The molecule has 0 radical (unpaired) electrons. The lowest BCUT2D eigenvalue weighted by atomic mass is 10.1. The highest BCUT2D eigenvalue weighted by atomic mass is 19.3. The molecule has 1 aliphatic rings. The standard InChI is InChI=1S/C11H13F2N/c1-7(2)9-4-3-8-5-6-11(12,13)10(8)14-9/h3-4,7H,5-6H2,1-2H3. The second-order valence-electron chi connectivity index (χ2n) is 4.10. The molecule has 0 amide bonds. The summed E-state index contributed by atoms with van der Waals surface area (Å²) < 4.78 is 26.6. The van der Waals surface area contributed by atoms with Gasteiger partial charge in [0.1, 0.15) is 5.69 Å². The van der Waals surface area contributed by atoms with E-state index in [1.165, 1.54) is 0 Å². The number of halogens is 2. The van der Waals surface area contributed by atoms with Gasteiger partial charge < -0.3 is 0 Å². The zero-order valence-corrected chi connectivity index (χ0v) is 8.35. The van der Waals surface area contributed by atoms with Crippen molar-refractivity contribution in [3.8, 4) is 0 Å². The number of aryl methyl sites for hydroxylation is 1. The summed E-state index contributed by atoms with van der Waals surface area (Å²) in [6.07, 6.45) is 0.366. The summed E-state index contributed by atoms with van der Waals surface area (Å²) in [5, 5.41) is 0. The highest BCUT2D eigenvalue weighted by molar-refractivity contribution is 5.31. The first kappa shape index (κ1) is 9.56. The van der Waals surface area contributed by atoms with Gasteiger partial charge in [-0.3, -0.25) is 4.98 Å². The van der Waals surface area contributed by atoms with Gasteiger partial charge >= 0.3 is 0 Å². The van der Waals surface area contributed by atoms with Gasteiger partial charge in [-0.15, -0.1) is 0 Å². The van der Waals surface area contributed by atoms with Crippen molar-refractivity contribution in [2.24, 2.45) is 0 Å². The Kier molecular flexibility index (Phi) is 2.05. The number of hydrogen-bond donors (Lipinski definition) is 0. The molecular formula is C11H13F2N. The molecule has 0 aromatic carbocycles. The Balaban J connectivity index is 2.48. The molecule has 14 heavy (non-hydrogen) atoms. The molecule has 2 rings (SSSR count). The zero-order chi connectivity index (χ0) is 10.3. The summed E-state index contributed by atoms with van der Waals surface area (Å²) in [6.45, 7) is 3.92. The van der Waals surface area contributed by atoms with E-state index in [4.69, 9.17) is 0 Å². The van der Waals surface area contributed by atoms with Crippen LogP contribution in [-0.4, -0.2) is 4.98 Å². The smallest absolute Gasteiger partial charge is 0.251 e. The van der Waals surface area contributed by atoms with E-state index in [-0.39, 0.29) is 18.0 Å². The van der Waals surface area contributed by atoms with Gasteiger partial charge in [0.2, 0.25) is 0 Å². The molecule has 0 bridgehead atoms. The number of aromatic nitrogens is 1. The Morgan fingerprint density at radius 1 is 1.36 bits per heavy atom. The first-order valence-electron chi connectivity index (χ1n) is 4.89. The van der Waals surface area contributed by atoms with Crippen molar-refractivity contribution >= 4 is 0 Å². The van der Waals surface area contributed by atoms with Crippen LogP contribution in [-0.2, 0) is 12.3 Å². The highest BCUT2D eigenvalue weighted by Gasteiger charge is 2.40. The molecule has 0 saturated heterocycles. The highest BCUT2D eigenvalue weighted by Crippen LogP contribution is 2.40. The minimum Gasteiger partial charge on any atom is -0.251 e. The third-order valence-corrected chi connectivity index (χ3v) is 2.65. The van der Waals surface area contributed by atoms with E-state index in [0.717, 1.165) is 5.69 Å². The number of rotatable bonds is 1. The number of fused-ring (bicyclic) bond motifs is 1. The van der Waals surface area contributed by atoms with Crippen LogP contribution in [0.5, 0.6) is 0 Å². The molecule has 0 atom stereocenters. The van der Waals surface area contributed by atoms with Crippen molar-refractivity contribution in [3.05, 3.63) is 29.1 Å². The number of pyridine rings is 1. The summed E-state index contributed by atoms with van der Waals surface area (Å²) in [6, 6.07) is 3.64. The van der Waals surface area contributed by atoms with Crippen molar-refractivity contribution in [2.45, 2.75) is 38.5 Å². The van der Waals surface area contributed by atoms with Crippen LogP contribution in [0, 0.1) is 0 Å². The maximum atomic E-state index is 13.3. The van der Waals surface area contributed by atoms with E-state index in [2.05, 4.69) is 4.98 Å². The second kappa shape index (κ2) is 3.01. The molecule has 1 aromatic rings. The Bertz CT molecular complexity index is 358. The van der Waals surface area contributed by atoms with Crippen molar-refractivity contribution in [3.63, 3.8) is 0 Å². The van der Waals surface area contributed by atoms with Crippen LogP contribution in [0.2, 0.25) is 0 Å². The maximum absolute atomic E-state index is 13.3. The minimum atomic E-state index is -2.71. The molecule has 1 aromatic heterocycles. The normalized spacial score (nSPS) is 18.6. The number of alkyl halides is 2. The summed E-state index contributed by atoms with van der Waals surface area (Å²) in [4.78, 5) is 4.06. The van der Waals surface area contributed by atoms with Crippen LogP contribution in [0.15, 0.2) is 12.1 Å². The molecule has 0 spiro atoms. The Labute approximate surface area is 82.2 Å². The van der Waals surface area contributed by atoms with E-state index in [1.54, 1.807) is 6.07 Å². The zero-order valence-electron chi connectivity index (χ0n) is 8.35. The topological polar surface area (TPSA) is 12.9 Å². The van der Waals surface area contributed by atoms with Gasteiger partial charge in [-0.05, 0) is 24.0 Å². The van der Waals surface area contributed by atoms with Crippen LogP contribution in [0.1, 0.15) is 43.1 Å². The van der Waals surface area contributed by atoms with Crippen molar-refractivity contribution in [2.75, 3.05) is 0 Å². The second-order valence-corrected chi connectivity index (χ2v) is 4.10. The molecule has 0 saturated carbocycles. The molecule has 1 aliphatic carbocycles. The summed E-state index contributed by atoms with van der Waals surface area (Å²) in [5.41, 5.74) is 1.47. The first-order valence-corrected chi connectivity index (χ1v) is 4.89. The van der Waals surface area contributed by atoms with Crippen molar-refractivity contribution < 1.29 is 8.78 Å². The van der Waals surface area contributed by atoms with E-state index in [0.29, 0.717) is 12.0 Å². The van der Waals surface area contributed by atoms with E-state index < -0.39 is 5.92 Å². The van der Waals surface area contributed by atoms with Crippen LogP contribution in [0.4, 0.5) is 8.78 Å². The third kappa shape index (κ3) is 1.41. The lowest BCUT2D eigenvalue weighted by Gasteiger charge is -2.11. The average molecular weight is 197 g/mol. The van der Waals surface area contributed by atoms with Crippen LogP contribution < -0.4 is 0 Å². The molecule has 0 fully saturated rings. The summed E-state index contributed by atoms with van der Waals surface area (Å²) in [5.74, 6) is -2.50. The van der Waals surface area contributed by atoms with Gasteiger partial charge in [-0.25, -0.2) is 0 Å². The Morgan fingerprint density at radius 3 is 2.71 bits per heavy atom. The molecule has 76 valence electrons. The third-order valence-electron chi connectivity index (χ3n) is 2.65. The molecule has 0 N–H and O–H groups in total. The fraction of sp³-hybridized carbons (Fsp3) is 0.545. The van der Waals surface area contributed by atoms with E-state index in [1.807, 2.05) is 19.9 Å².